The monoisotopic (exact) mass is 237 g/mol. The Hall–Kier alpha value is -0.830. The van der Waals surface area contributed by atoms with Gasteiger partial charge in [0.2, 0.25) is 10.0 Å². The van der Waals surface area contributed by atoms with Gasteiger partial charge in [-0.15, -0.1) is 0 Å². The summed E-state index contributed by atoms with van der Waals surface area (Å²) in [6.07, 6.45) is -4.49. The summed E-state index contributed by atoms with van der Waals surface area (Å²) in [4.78, 5) is 8.90. The van der Waals surface area contributed by atoms with Gasteiger partial charge < -0.3 is 5.11 Å². The summed E-state index contributed by atoms with van der Waals surface area (Å²) in [6.45, 7) is 1.77. The van der Waals surface area contributed by atoms with Crippen molar-refractivity contribution in [1.29, 1.82) is 0 Å². The van der Waals surface area contributed by atoms with Gasteiger partial charge in [-0.25, -0.2) is 18.4 Å². The number of primary sulfonamides is 1. The van der Waals surface area contributed by atoms with Crippen LogP contribution in [0.4, 0.5) is 13.2 Å². The van der Waals surface area contributed by atoms with Gasteiger partial charge in [0.25, 0.3) is 0 Å². The second kappa shape index (κ2) is 5.81. The highest BCUT2D eigenvalue weighted by molar-refractivity contribution is 7.89. The van der Waals surface area contributed by atoms with Gasteiger partial charge >= 0.3 is 12.1 Å². The van der Waals surface area contributed by atoms with Crippen LogP contribution in [0.2, 0.25) is 0 Å². The summed E-state index contributed by atoms with van der Waals surface area (Å²) in [5.41, 5.74) is 0. The van der Waals surface area contributed by atoms with Gasteiger partial charge in [-0.05, 0) is 6.42 Å². The molecule has 0 heterocycles. The number of carbonyl (C=O) groups is 1. The SMILES string of the molecule is CCCS(N)(=O)=O.O=C(O)C(F)(F)F. The third-order valence-corrected chi connectivity index (χ3v) is 1.71. The van der Waals surface area contributed by atoms with E-state index in [4.69, 9.17) is 9.90 Å². The number of nitrogens with two attached hydrogens (primary N) is 1. The predicted octanol–water partition coefficient (Wildman–Crippen LogP) is 0.318. The molecular weight excluding hydrogens is 227 g/mol. The lowest BCUT2D eigenvalue weighted by Crippen LogP contribution is -2.21. The molecule has 86 valence electrons. The molecule has 0 aromatic carbocycles. The van der Waals surface area contributed by atoms with Crippen molar-refractivity contribution in [3.63, 3.8) is 0 Å². The highest BCUT2D eigenvalue weighted by Crippen LogP contribution is 2.13. The summed E-state index contributed by atoms with van der Waals surface area (Å²) >= 11 is 0. The van der Waals surface area contributed by atoms with Crippen molar-refractivity contribution in [3.8, 4) is 0 Å². The van der Waals surface area contributed by atoms with Crippen LogP contribution in [0.15, 0.2) is 0 Å². The van der Waals surface area contributed by atoms with Crippen LogP contribution in [-0.2, 0) is 14.8 Å². The van der Waals surface area contributed by atoms with Crippen molar-refractivity contribution >= 4 is 16.0 Å². The average molecular weight is 237 g/mol. The summed E-state index contributed by atoms with van der Waals surface area (Å²) in [5, 5.41) is 11.7. The zero-order valence-electron chi connectivity index (χ0n) is 7.21. The normalized spacial score (nSPS) is 11.5. The van der Waals surface area contributed by atoms with Crippen LogP contribution in [0.5, 0.6) is 0 Å². The molecular formula is C5H10F3NO4S. The molecule has 0 spiro atoms. The van der Waals surface area contributed by atoms with Crippen LogP contribution in [0.25, 0.3) is 0 Å². The Bertz CT molecular complexity index is 271. The van der Waals surface area contributed by atoms with Crippen LogP contribution in [0, 0.1) is 0 Å². The molecule has 0 atom stereocenters. The van der Waals surface area contributed by atoms with Crippen LogP contribution in [-0.4, -0.2) is 31.4 Å². The van der Waals surface area contributed by atoms with E-state index in [1.165, 1.54) is 0 Å². The molecule has 9 heteroatoms. The van der Waals surface area contributed by atoms with E-state index >= 15 is 0 Å². The first-order chi connectivity index (χ1) is 6.00. The number of halogens is 3. The zero-order chi connectivity index (χ0) is 12.0. The maximum absolute atomic E-state index is 10.6. The largest absolute Gasteiger partial charge is 0.490 e. The second-order valence-electron chi connectivity index (χ2n) is 2.17. The van der Waals surface area contributed by atoms with E-state index in [-0.39, 0.29) is 5.75 Å². The van der Waals surface area contributed by atoms with Gasteiger partial charge in [-0.1, -0.05) is 6.92 Å². The van der Waals surface area contributed by atoms with Crippen LogP contribution in [0.1, 0.15) is 13.3 Å². The van der Waals surface area contributed by atoms with Crippen LogP contribution < -0.4 is 5.14 Å². The quantitative estimate of drug-likeness (QED) is 0.722. The third kappa shape index (κ3) is 13.7. The minimum atomic E-state index is -5.08. The number of aliphatic carboxylic acids is 1. The van der Waals surface area contributed by atoms with E-state index in [0.717, 1.165) is 0 Å². The number of alkyl halides is 3. The van der Waals surface area contributed by atoms with Gasteiger partial charge in [0, 0.05) is 0 Å². The lowest BCUT2D eigenvalue weighted by atomic mass is 10.6. The minimum absolute atomic E-state index is 0.0903. The number of carboxylic acid groups (broad SMARTS) is 1. The molecule has 0 saturated heterocycles. The van der Waals surface area contributed by atoms with E-state index in [9.17, 15) is 21.6 Å². The molecule has 0 aromatic rings. The molecule has 0 saturated carbocycles. The fourth-order valence-corrected chi connectivity index (χ4v) is 0.854. The topological polar surface area (TPSA) is 97.5 Å². The molecule has 0 radical (unpaired) electrons. The fraction of sp³-hybridized carbons (Fsp3) is 0.800. The smallest absolute Gasteiger partial charge is 0.475 e. The van der Waals surface area contributed by atoms with Crippen LogP contribution >= 0.6 is 0 Å². The number of hydrogen-bond acceptors (Lipinski definition) is 3. The molecule has 5 nitrogen and oxygen atoms in total. The van der Waals surface area contributed by atoms with E-state index in [0.29, 0.717) is 6.42 Å². The molecule has 0 aliphatic heterocycles. The first-order valence-corrected chi connectivity index (χ1v) is 5.02. The van der Waals surface area contributed by atoms with Crippen molar-refractivity contribution < 1.29 is 31.5 Å². The zero-order valence-corrected chi connectivity index (χ0v) is 8.02. The first-order valence-electron chi connectivity index (χ1n) is 3.31. The number of rotatable bonds is 2. The standard InChI is InChI=1S/C3H9NO2S.C2HF3O2/c1-2-3-7(4,5)6;3-2(4,5)1(6)7/h2-3H2,1H3,(H2,4,5,6);(H,6,7). The van der Waals surface area contributed by atoms with E-state index in [1.54, 1.807) is 6.92 Å². The lowest BCUT2D eigenvalue weighted by Gasteiger charge is -1.93. The van der Waals surface area contributed by atoms with Crippen molar-refractivity contribution in [2.45, 2.75) is 19.5 Å². The molecule has 0 aromatic heterocycles. The van der Waals surface area contributed by atoms with Gasteiger partial charge in [0.05, 0.1) is 5.75 Å². The average Bonchev–Trinajstić information content (AvgIpc) is 1.82. The highest BCUT2D eigenvalue weighted by atomic mass is 32.2. The summed E-state index contributed by atoms with van der Waals surface area (Å²) in [5.74, 6) is -2.67. The molecule has 3 N–H and O–H groups in total. The predicted molar refractivity (Wildman–Crippen MR) is 42.0 cm³/mol. The molecule has 0 rings (SSSR count). The molecule has 0 bridgehead atoms. The van der Waals surface area contributed by atoms with Crippen molar-refractivity contribution in [3.05, 3.63) is 0 Å². The van der Waals surface area contributed by atoms with E-state index in [2.05, 4.69) is 5.14 Å². The summed E-state index contributed by atoms with van der Waals surface area (Å²) in [7, 11) is -3.17. The Morgan fingerprint density at radius 1 is 1.43 bits per heavy atom. The van der Waals surface area contributed by atoms with Gasteiger partial charge in [0.1, 0.15) is 0 Å². The van der Waals surface area contributed by atoms with E-state index in [1.807, 2.05) is 0 Å². The van der Waals surface area contributed by atoms with Crippen LogP contribution in [0.3, 0.4) is 0 Å². The molecule has 0 unspecified atom stereocenters. The maximum Gasteiger partial charge on any atom is 0.490 e. The Morgan fingerprint density at radius 2 is 1.71 bits per heavy atom. The maximum atomic E-state index is 10.6. The third-order valence-electron chi connectivity index (χ3n) is 0.731. The summed E-state index contributed by atoms with van der Waals surface area (Å²) in [6, 6.07) is 0. The number of hydrogen-bond donors (Lipinski definition) is 2. The van der Waals surface area contributed by atoms with Gasteiger partial charge in [-0.2, -0.15) is 13.2 Å². The molecule has 0 amide bonds. The highest BCUT2D eigenvalue weighted by Gasteiger charge is 2.38. The molecule has 0 aliphatic carbocycles. The Balaban J connectivity index is 0. The molecule has 0 fully saturated rings. The van der Waals surface area contributed by atoms with Crippen molar-refractivity contribution in [2.24, 2.45) is 5.14 Å². The Morgan fingerprint density at radius 3 is 1.71 bits per heavy atom. The molecule has 0 aliphatic rings. The van der Waals surface area contributed by atoms with Crippen molar-refractivity contribution in [1.82, 2.24) is 0 Å². The van der Waals surface area contributed by atoms with Gasteiger partial charge in [0.15, 0.2) is 0 Å². The molecule has 14 heavy (non-hydrogen) atoms. The minimum Gasteiger partial charge on any atom is -0.475 e. The number of carboxylic acids is 1. The van der Waals surface area contributed by atoms with Crippen molar-refractivity contribution in [2.75, 3.05) is 5.75 Å². The lowest BCUT2D eigenvalue weighted by molar-refractivity contribution is -0.192. The van der Waals surface area contributed by atoms with E-state index < -0.39 is 22.2 Å². The Labute approximate surface area is 78.8 Å². The second-order valence-corrected chi connectivity index (χ2v) is 3.90. The Kier molecular flexibility index (Phi) is 6.48. The van der Waals surface area contributed by atoms with Gasteiger partial charge in [-0.3, -0.25) is 0 Å². The summed E-state index contributed by atoms with van der Waals surface area (Å²) < 4.78 is 51.8. The first kappa shape index (κ1) is 15.6. The fourth-order valence-electron chi connectivity index (χ4n) is 0.285. The number of sulfonamides is 1.